The fourth-order valence-electron chi connectivity index (χ4n) is 0.521. The summed E-state index contributed by atoms with van der Waals surface area (Å²) in [4.78, 5) is 0. The van der Waals surface area contributed by atoms with Crippen molar-refractivity contribution in [3.63, 3.8) is 0 Å². The molecule has 0 aromatic carbocycles. The molecule has 0 radical (unpaired) electrons. The maximum atomic E-state index is 3.66. The topological polar surface area (TPSA) is 0 Å². The van der Waals surface area contributed by atoms with Gasteiger partial charge in [0.15, 0.2) is 0 Å². The highest BCUT2D eigenvalue weighted by Crippen LogP contribution is 1.87. The van der Waals surface area contributed by atoms with E-state index in [2.05, 4.69) is 33.1 Å². The van der Waals surface area contributed by atoms with E-state index < -0.39 is 0 Å². The molecule has 0 saturated heterocycles. The Hall–Kier alpha value is -1.30. The molecule has 0 aromatic rings. The molecular weight excluding hydrogens is 216 g/mol. The number of rotatable bonds is 3. The summed E-state index contributed by atoms with van der Waals surface area (Å²) in [5.41, 5.74) is 2.40. The largest absolute Gasteiger partial charge is 0.0991 e. The molecule has 0 aliphatic rings. The van der Waals surface area contributed by atoms with Gasteiger partial charge >= 0.3 is 0 Å². The smallest absolute Gasteiger partial charge is 0.0404 e. The summed E-state index contributed by atoms with van der Waals surface area (Å²) in [6.07, 6.45) is 11.6. The summed E-state index contributed by atoms with van der Waals surface area (Å²) in [7, 11) is 0. The van der Waals surface area contributed by atoms with Crippen molar-refractivity contribution in [3.05, 3.63) is 60.8 Å². The van der Waals surface area contributed by atoms with Gasteiger partial charge in [-0.15, -0.1) is 0 Å². The molecule has 0 bridgehead atoms. The molecule has 0 N–H and O–H groups in total. The molecule has 0 fully saturated rings. The van der Waals surface area contributed by atoms with Crippen LogP contribution in [0.4, 0.5) is 0 Å². The highest BCUT2D eigenvalue weighted by Gasteiger charge is 1.66. The van der Waals surface area contributed by atoms with Gasteiger partial charge in [0.2, 0.25) is 0 Å². The number of hydrogen-bond acceptors (Lipinski definition) is 0. The quantitative estimate of drug-likeness (QED) is 0.479. The van der Waals surface area contributed by atoms with Crippen LogP contribution in [0, 0.1) is 0 Å². The first-order valence-electron chi connectivity index (χ1n) is 6.75. The van der Waals surface area contributed by atoms with Gasteiger partial charge < -0.3 is 0 Å². The summed E-state index contributed by atoms with van der Waals surface area (Å²) >= 11 is 0. The Kier molecular flexibility index (Phi) is 42.0. The van der Waals surface area contributed by atoms with Crippen molar-refractivity contribution in [2.24, 2.45) is 0 Å². The van der Waals surface area contributed by atoms with E-state index >= 15 is 0 Å². The van der Waals surface area contributed by atoms with E-state index in [0.29, 0.717) is 0 Å². The van der Waals surface area contributed by atoms with Crippen LogP contribution in [-0.2, 0) is 0 Å². The van der Waals surface area contributed by atoms with Crippen molar-refractivity contribution in [1.82, 2.24) is 0 Å². The molecule has 0 aromatic heterocycles. The third-order valence-electron chi connectivity index (χ3n) is 1.14. The van der Waals surface area contributed by atoms with Gasteiger partial charge in [-0.25, -0.2) is 0 Å². The van der Waals surface area contributed by atoms with E-state index in [1.807, 2.05) is 65.8 Å². The minimum absolute atomic E-state index is 1.06. The predicted molar refractivity (Wildman–Crippen MR) is 91.1 cm³/mol. The Morgan fingerprint density at radius 2 is 1.33 bits per heavy atom. The maximum absolute atomic E-state index is 3.66. The lowest BCUT2D eigenvalue weighted by molar-refractivity contribution is 1.39. The summed E-state index contributed by atoms with van der Waals surface area (Å²) in [6.45, 7) is 23.3. The molecule has 0 saturated carbocycles. The second-order valence-electron chi connectivity index (χ2n) is 3.21. The summed E-state index contributed by atoms with van der Waals surface area (Å²) < 4.78 is 0. The van der Waals surface area contributed by atoms with Crippen LogP contribution in [0.3, 0.4) is 0 Å². The standard InChI is InChI=1S/C7H12.C7H10.2C2H6/c2*1-4-5-6-7(2)3;2*1-2/h4-6H,1-3H3;4-6H,1-2H2,3H3;2*1-2H3/b5-4-;6-5-;;. The maximum Gasteiger partial charge on any atom is -0.0404 e. The molecule has 0 amide bonds. The van der Waals surface area contributed by atoms with Gasteiger partial charge in [-0.1, -0.05) is 88.5 Å². The molecule has 0 spiro atoms. The zero-order valence-electron chi connectivity index (χ0n) is 13.9. The molecule has 0 nitrogen and oxygen atoms in total. The number of allylic oxidation sites excluding steroid dienone is 8. The molecule has 0 atom stereocenters. The van der Waals surface area contributed by atoms with Gasteiger partial charge in [0.25, 0.3) is 0 Å². The van der Waals surface area contributed by atoms with E-state index in [9.17, 15) is 0 Å². The van der Waals surface area contributed by atoms with Crippen molar-refractivity contribution < 1.29 is 0 Å². The molecule has 18 heavy (non-hydrogen) atoms. The third kappa shape index (κ3) is 61.5. The first-order chi connectivity index (χ1) is 8.54. The van der Waals surface area contributed by atoms with Crippen LogP contribution in [-0.4, -0.2) is 0 Å². The van der Waals surface area contributed by atoms with Gasteiger partial charge in [0.1, 0.15) is 0 Å². The fourth-order valence-corrected chi connectivity index (χ4v) is 0.521. The Labute approximate surface area is 117 Å². The highest BCUT2D eigenvalue weighted by atomic mass is 13.7. The Morgan fingerprint density at radius 3 is 1.44 bits per heavy atom. The molecule has 106 valence electrons. The molecule has 0 rings (SSSR count). The highest BCUT2D eigenvalue weighted by molar-refractivity contribution is 5.15. The van der Waals surface area contributed by atoms with E-state index in [-0.39, 0.29) is 0 Å². The lowest BCUT2D eigenvalue weighted by atomic mass is 10.3. The minimum Gasteiger partial charge on any atom is -0.0991 e. The predicted octanol–water partition coefficient (Wildman–Crippen LogP) is 6.89. The van der Waals surface area contributed by atoms with Gasteiger partial charge in [-0.2, -0.15) is 0 Å². The van der Waals surface area contributed by atoms with Gasteiger partial charge in [0.05, 0.1) is 0 Å². The van der Waals surface area contributed by atoms with Crippen LogP contribution >= 0.6 is 0 Å². The molecule has 0 aliphatic carbocycles. The molecule has 0 unspecified atom stereocenters. The first kappa shape index (κ1) is 25.5. The monoisotopic (exact) mass is 250 g/mol. The van der Waals surface area contributed by atoms with Crippen LogP contribution in [0.2, 0.25) is 0 Å². The lowest BCUT2D eigenvalue weighted by Gasteiger charge is -1.77. The second-order valence-corrected chi connectivity index (χ2v) is 3.21. The average Bonchev–Trinajstić information content (AvgIpc) is 2.39. The van der Waals surface area contributed by atoms with Crippen LogP contribution < -0.4 is 0 Å². The summed E-state index contributed by atoms with van der Waals surface area (Å²) in [5.74, 6) is 0. The van der Waals surface area contributed by atoms with Gasteiger partial charge in [0, 0.05) is 0 Å². The van der Waals surface area contributed by atoms with E-state index in [0.717, 1.165) is 5.57 Å². The number of hydrogen-bond donors (Lipinski definition) is 0. The SMILES string of the molecule is C/C=C\C=C(C)C.C=C/C=C\C(=C)C.CC.CC. The average molecular weight is 250 g/mol. The van der Waals surface area contributed by atoms with Gasteiger partial charge in [-0.3, -0.25) is 0 Å². The van der Waals surface area contributed by atoms with Crippen molar-refractivity contribution in [1.29, 1.82) is 0 Å². The normalized spacial score (nSPS) is 8.00. The first-order valence-corrected chi connectivity index (χ1v) is 6.75. The Bertz CT molecular complexity index is 233. The summed E-state index contributed by atoms with van der Waals surface area (Å²) in [5, 5.41) is 0. The Balaban J connectivity index is -0.0000000851. The van der Waals surface area contributed by atoms with Crippen LogP contribution in [0.15, 0.2) is 60.8 Å². The van der Waals surface area contributed by atoms with Crippen LogP contribution in [0.5, 0.6) is 0 Å². The van der Waals surface area contributed by atoms with Gasteiger partial charge in [-0.05, 0) is 27.7 Å². The summed E-state index contributed by atoms with van der Waals surface area (Å²) in [6, 6.07) is 0. The zero-order chi connectivity index (χ0) is 15.4. The van der Waals surface area contributed by atoms with Crippen molar-refractivity contribution in [2.45, 2.75) is 55.4 Å². The molecule has 0 heterocycles. The van der Waals surface area contributed by atoms with Crippen LogP contribution in [0.1, 0.15) is 55.4 Å². The van der Waals surface area contributed by atoms with Crippen molar-refractivity contribution in [2.75, 3.05) is 0 Å². The minimum atomic E-state index is 1.06. The lowest BCUT2D eigenvalue weighted by Crippen LogP contribution is -1.56. The zero-order valence-corrected chi connectivity index (χ0v) is 13.9. The van der Waals surface area contributed by atoms with Crippen molar-refractivity contribution >= 4 is 0 Å². The van der Waals surface area contributed by atoms with E-state index in [4.69, 9.17) is 0 Å². The molecular formula is C18H34. The molecule has 0 heteroatoms. The second kappa shape index (κ2) is 29.6. The Morgan fingerprint density at radius 1 is 0.889 bits per heavy atom. The van der Waals surface area contributed by atoms with Crippen molar-refractivity contribution in [3.8, 4) is 0 Å². The van der Waals surface area contributed by atoms with Crippen LogP contribution in [0.25, 0.3) is 0 Å². The van der Waals surface area contributed by atoms with E-state index in [1.165, 1.54) is 5.57 Å². The third-order valence-corrected chi connectivity index (χ3v) is 1.14. The fraction of sp³-hybridized carbons (Fsp3) is 0.444. The van der Waals surface area contributed by atoms with E-state index in [1.54, 1.807) is 6.08 Å². The molecule has 0 aliphatic heterocycles.